The molecule has 0 aliphatic carbocycles. The van der Waals surface area contributed by atoms with E-state index in [1.807, 2.05) is 12.1 Å². The molecule has 2 aliphatic rings. The van der Waals surface area contributed by atoms with Gasteiger partial charge in [0.15, 0.2) is 0 Å². The van der Waals surface area contributed by atoms with Crippen molar-refractivity contribution in [1.29, 1.82) is 0 Å². The van der Waals surface area contributed by atoms with Crippen LogP contribution in [0.5, 0.6) is 0 Å². The molecule has 4 unspecified atom stereocenters. The lowest BCUT2D eigenvalue weighted by Gasteiger charge is -2.25. The topological polar surface area (TPSA) is 35.2 Å². The summed E-state index contributed by atoms with van der Waals surface area (Å²) in [4.78, 5) is 0. The Kier molecular flexibility index (Phi) is 3.55. The van der Waals surface area contributed by atoms with Gasteiger partial charge in [-0.25, -0.2) is 0 Å². The van der Waals surface area contributed by atoms with Crippen LogP contribution < -0.4 is 5.73 Å². The Morgan fingerprint density at radius 2 is 2.17 bits per heavy atom. The number of hydrogen-bond donors (Lipinski definition) is 1. The minimum atomic E-state index is 0.124. The van der Waals surface area contributed by atoms with Crippen molar-refractivity contribution in [3.8, 4) is 0 Å². The molecule has 3 rings (SSSR count). The van der Waals surface area contributed by atoms with Crippen LogP contribution in [0.15, 0.2) is 18.2 Å². The molecule has 18 heavy (non-hydrogen) atoms. The van der Waals surface area contributed by atoms with Crippen LogP contribution in [-0.4, -0.2) is 18.2 Å². The lowest BCUT2D eigenvalue weighted by molar-refractivity contribution is 0.0885. The Balaban J connectivity index is 1.69. The van der Waals surface area contributed by atoms with Crippen LogP contribution in [-0.2, 0) is 11.2 Å². The highest BCUT2D eigenvalue weighted by molar-refractivity contribution is 6.35. The summed E-state index contributed by atoms with van der Waals surface area (Å²) in [6.07, 6.45) is 5.10. The van der Waals surface area contributed by atoms with Crippen molar-refractivity contribution in [2.45, 2.75) is 43.9 Å². The van der Waals surface area contributed by atoms with Gasteiger partial charge in [0.1, 0.15) is 0 Å². The first kappa shape index (κ1) is 12.7. The molecule has 1 aromatic carbocycles. The van der Waals surface area contributed by atoms with E-state index in [4.69, 9.17) is 33.7 Å². The minimum Gasteiger partial charge on any atom is -0.375 e. The predicted molar refractivity (Wildman–Crippen MR) is 74.1 cm³/mol. The molecule has 0 saturated carbocycles. The van der Waals surface area contributed by atoms with E-state index in [1.54, 1.807) is 6.07 Å². The molecule has 2 nitrogen and oxygen atoms in total. The van der Waals surface area contributed by atoms with E-state index < -0.39 is 0 Å². The van der Waals surface area contributed by atoms with Crippen molar-refractivity contribution < 1.29 is 4.74 Å². The van der Waals surface area contributed by atoms with E-state index >= 15 is 0 Å². The van der Waals surface area contributed by atoms with Crippen molar-refractivity contribution >= 4 is 23.2 Å². The average Bonchev–Trinajstić information content (AvgIpc) is 2.94. The highest BCUT2D eigenvalue weighted by Crippen LogP contribution is 2.40. The number of benzene rings is 1. The van der Waals surface area contributed by atoms with Crippen LogP contribution in [0.3, 0.4) is 0 Å². The summed E-state index contributed by atoms with van der Waals surface area (Å²) in [7, 11) is 0. The number of hydrogen-bond acceptors (Lipinski definition) is 2. The maximum Gasteiger partial charge on any atom is 0.0623 e. The molecular formula is C14H17Cl2NO. The van der Waals surface area contributed by atoms with Gasteiger partial charge in [-0.05, 0) is 43.4 Å². The summed E-state index contributed by atoms with van der Waals surface area (Å²) in [5.74, 6) is 0.482. The van der Waals surface area contributed by atoms with E-state index in [0.717, 1.165) is 24.8 Å². The van der Waals surface area contributed by atoms with E-state index in [1.165, 1.54) is 6.42 Å². The van der Waals surface area contributed by atoms with Gasteiger partial charge in [0.05, 0.1) is 12.2 Å². The third-order valence-corrected chi connectivity index (χ3v) is 4.76. The minimum absolute atomic E-state index is 0.124. The number of rotatable bonds is 3. The number of halogens is 2. The first-order chi connectivity index (χ1) is 8.63. The molecule has 98 valence electrons. The third-order valence-electron chi connectivity index (χ3n) is 4.17. The van der Waals surface area contributed by atoms with Gasteiger partial charge in [-0.2, -0.15) is 0 Å². The molecular weight excluding hydrogens is 269 g/mol. The Hall–Kier alpha value is -0.280. The zero-order chi connectivity index (χ0) is 12.7. The molecule has 2 N–H and O–H groups in total. The van der Waals surface area contributed by atoms with Crippen molar-refractivity contribution in [2.24, 2.45) is 11.7 Å². The molecule has 2 fully saturated rings. The number of fused-ring (bicyclic) bond motifs is 2. The van der Waals surface area contributed by atoms with Gasteiger partial charge in [-0.1, -0.05) is 29.3 Å². The Labute approximate surface area is 117 Å². The maximum atomic E-state index is 6.33. The smallest absolute Gasteiger partial charge is 0.0623 e. The molecule has 2 heterocycles. The van der Waals surface area contributed by atoms with Crippen LogP contribution >= 0.6 is 23.2 Å². The molecule has 2 aliphatic heterocycles. The van der Waals surface area contributed by atoms with Crippen molar-refractivity contribution in [3.05, 3.63) is 33.8 Å². The van der Waals surface area contributed by atoms with Gasteiger partial charge in [0.2, 0.25) is 0 Å². The molecule has 0 radical (unpaired) electrons. The monoisotopic (exact) mass is 285 g/mol. The normalized spacial score (nSPS) is 31.8. The van der Waals surface area contributed by atoms with Crippen LogP contribution in [0.2, 0.25) is 10.0 Å². The number of nitrogens with two attached hydrogens (primary N) is 1. The molecule has 2 saturated heterocycles. The molecule has 1 aromatic rings. The Morgan fingerprint density at radius 3 is 2.78 bits per heavy atom. The van der Waals surface area contributed by atoms with Gasteiger partial charge in [0.25, 0.3) is 0 Å². The summed E-state index contributed by atoms with van der Waals surface area (Å²) in [6, 6.07) is 5.74. The van der Waals surface area contributed by atoms with E-state index in [-0.39, 0.29) is 6.04 Å². The molecule has 2 bridgehead atoms. The second-order valence-corrected chi connectivity index (χ2v) is 6.22. The predicted octanol–water partition coefficient (Wildman–Crippen LogP) is 3.43. The van der Waals surface area contributed by atoms with Crippen LogP contribution in [0.1, 0.15) is 24.8 Å². The molecule has 4 heteroatoms. The van der Waals surface area contributed by atoms with Gasteiger partial charge in [0, 0.05) is 22.0 Å². The highest BCUT2D eigenvalue weighted by atomic mass is 35.5. The standard InChI is InChI=1S/C14H17Cl2NO/c15-9-2-1-8(12(16)6-9)5-13(17)11-7-10-3-4-14(11)18-10/h1-2,6,10-11,13-14H,3-5,7,17H2. The van der Waals surface area contributed by atoms with E-state index in [2.05, 4.69) is 0 Å². The summed E-state index contributed by atoms with van der Waals surface area (Å²) < 4.78 is 5.86. The second-order valence-electron chi connectivity index (χ2n) is 5.38. The molecule has 0 spiro atoms. The molecule has 0 aromatic heterocycles. The summed E-state index contributed by atoms with van der Waals surface area (Å²) in [6.45, 7) is 0. The Bertz CT molecular complexity index is 451. The lowest BCUT2D eigenvalue weighted by atomic mass is 9.82. The van der Waals surface area contributed by atoms with E-state index in [0.29, 0.717) is 28.2 Å². The number of ether oxygens (including phenoxy) is 1. The summed E-state index contributed by atoms with van der Waals surface area (Å²) in [5, 5.41) is 1.38. The SMILES string of the molecule is NC(Cc1ccc(Cl)cc1Cl)C1CC2CCC1O2. The van der Waals surface area contributed by atoms with Crippen molar-refractivity contribution in [3.63, 3.8) is 0 Å². The summed E-state index contributed by atoms with van der Waals surface area (Å²) >= 11 is 12.1. The zero-order valence-corrected chi connectivity index (χ0v) is 11.6. The first-order valence-corrected chi connectivity index (χ1v) is 7.24. The van der Waals surface area contributed by atoms with Crippen LogP contribution in [0.4, 0.5) is 0 Å². The quantitative estimate of drug-likeness (QED) is 0.924. The molecule has 0 amide bonds. The Morgan fingerprint density at radius 1 is 1.33 bits per heavy atom. The van der Waals surface area contributed by atoms with Gasteiger partial charge < -0.3 is 10.5 Å². The van der Waals surface area contributed by atoms with Gasteiger partial charge in [-0.15, -0.1) is 0 Å². The van der Waals surface area contributed by atoms with Crippen molar-refractivity contribution in [1.82, 2.24) is 0 Å². The van der Waals surface area contributed by atoms with Crippen LogP contribution in [0, 0.1) is 5.92 Å². The third kappa shape index (κ3) is 2.39. The van der Waals surface area contributed by atoms with E-state index in [9.17, 15) is 0 Å². The average molecular weight is 286 g/mol. The molecule has 4 atom stereocenters. The fourth-order valence-corrected chi connectivity index (χ4v) is 3.71. The van der Waals surface area contributed by atoms with Gasteiger partial charge in [-0.3, -0.25) is 0 Å². The largest absolute Gasteiger partial charge is 0.375 e. The lowest BCUT2D eigenvalue weighted by Crippen LogP contribution is -2.38. The van der Waals surface area contributed by atoms with Gasteiger partial charge >= 0.3 is 0 Å². The first-order valence-electron chi connectivity index (χ1n) is 6.48. The second kappa shape index (κ2) is 5.01. The van der Waals surface area contributed by atoms with Crippen molar-refractivity contribution in [2.75, 3.05) is 0 Å². The maximum absolute atomic E-state index is 6.33. The fourth-order valence-electron chi connectivity index (χ4n) is 3.22. The fraction of sp³-hybridized carbons (Fsp3) is 0.571. The highest BCUT2D eigenvalue weighted by Gasteiger charge is 2.43. The zero-order valence-electron chi connectivity index (χ0n) is 10.1. The van der Waals surface area contributed by atoms with Crippen LogP contribution in [0.25, 0.3) is 0 Å². The summed E-state index contributed by atoms with van der Waals surface area (Å²) in [5.41, 5.74) is 7.41.